The van der Waals surface area contributed by atoms with Crippen molar-refractivity contribution in [2.24, 2.45) is 0 Å². The van der Waals surface area contributed by atoms with Crippen LogP contribution in [-0.2, 0) is 6.54 Å². The topological polar surface area (TPSA) is 77.4 Å². The number of para-hydroxylation sites is 1. The molecule has 2 aromatic heterocycles. The molecule has 0 unspecified atom stereocenters. The summed E-state index contributed by atoms with van der Waals surface area (Å²) in [5.74, 6) is 0.811. The molecule has 2 aromatic carbocycles. The third-order valence-corrected chi connectivity index (χ3v) is 4.50. The van der Waals surface area contributed by atoms with Crippen molar-refractivity contribution in [1.29, 1.82) is 5.26 Å². The molecule has 2 N–H and O–H groups in total. The summed E-state index contributed by atoms with van der Waals surface area (Å²) >= 11 is 6.25. The number of nitriles is 1. The van der Waals surface area contributed by atoms with Crippen LogP contribution in [-0.4, -0.2) is 15.0 Å². The Morgan fingerprint density at radius 3 is 2.81 bits per heavy atom. The quantitative estimate of drug-likeness (QED) is 0.550. The van der Waals surface area contributed by atoms with Crippen LogP contribution >= 0.6 is 11.6 Å². The number of hydrogen-bond acceptors (Lipinski definition) is 4. The highest BCUT2D eigenvalue weighted by atomic mass is 35.5. The Morgan fingerprint density at radius 1 is 1.12 bits per heavy atom. The summed E-state index contributed by atoms with van der Waals surface area (Å²) < 4.78 is 0. The largest absolute Gasteiger partial charge is 0.379 e. The van der Waals surface area contributed by atoms with Gasteiger partial charge in [-0.3, -0.25) is 4.98 Å². The van der Waals surface area contributed by atoms with Gasteiger partial charge in [-0.15, -0.1) is 0 Å². The molecule has 0 amide bonds. The van der Waals surface area contributed by atoms with Gasteiger partial charge in [-0.05, 0) is 11.6 Å². The Morgan fingerprint density at radius 2 is 2.00 bits per heavy atom. The Labute approximate surface area is 155 Å². The number of imidazole rings is 1. The molecule has 0 aliphatic rings. The second kappa shape index (κ2) is 6.87. The number of fused-ring (bicyclic) bond motifs is 1. The molecule has 0 aliphatic heterocycles. The van der Waals surface area contributed by atoms with E-state index in [1.54, 1.807) is 24.7 Å². The van der Waals surface area contributed by atoms with Crippen molar-refractivity contribution in [1.82, 2.24) is 15.0 Å². The zero-order valence-corrected chi connectivity index (χ0v) is 14.5. The molecular formula is C20H14ClN5. The predicted octanol–water partition coefficient (Wildman–Crippen LogP) is 4.76. The zero-order valence-electron chi connectivity index (χ0n) is 13.7. The van der Waals surface area contributed by atoms with Crippen molar-refractivity contribution in [3.05, 3.63) is 77.2 Å². The first-order valence-electron chi connectivity index (χ1n) is 8.07. The molecule has 0 aliphatic carbocycles. The van der Waals surface area contributed by atoms with Crippen LogP contribution in [0, 0.1) is 11.3 Å². The van der Waals surface area contributed by atoms with Gasteiger partial charge in [0.15, 0.2) is 0 Å². The summed E-state index contributed by atoms with van der Waals surface area (Å²) in [5, 5.41) is 14.2. The first-order chi connectivity index (χ1) is 12.8. The third-order valence-electron chi connectivity index (χ3n) is 4.19. The molecule has 4 aromatic rings. The lowest BCUT2D eigenvalue weighted by Crippen LogP contribution is -2.04. The van der Waals surface area contributed by atoms with Crippen LogP contribution in [0.4, 0.5) is 5.69 Å². The van der Waals surface area contributed by atoms with E-state index in [-0.39, 0.29) is 0 Å². The molecule has 2 heterocycles. The van der Waals surface area contributed by atoms with Crippen LogP contribution in [0.1, 0.15) is 11.1 Å². The number of pyridine rings is 1. The lowest BCUT2D eigenvalue weighted by atomic mass is 10.1. The molecule has 0 saturated carbocycles. The summed E-state index contributed by atoms with van der Waals surface area (Å²) in [6.45, 7) is 0.539. The molecule has 6 heteroatoms. The van der Waals surface area contributed by atoms with Crippen molar-refractivity contribution >= 4 is 28.2 Å². The summed E-state index contributed by atoms with van der Waals surface area (Å²) in [4.78, 5) is 11.8. The maximum absolute atomic E-state index is 9.47. The fraction of sp³-hybridized carbons (Fsp3) is 0.0500. The lowest BCUT2D eigenvalue weighted by Gasteiger charge is -2.14. The van der Waals surface area contributed by atoms with E-state index in [1.807, 2.05) is 36.4 Å². The Bertz CT molecular complexity index is 1110. The van der Waals surface area contributed by atoms with Crippen LogP contribution in [0.3, 0.4) is 0 Å². The molecule has 0 radical (unpaired) electrons. The van der Waals surface area contributed by atoms with Crippen molar-refractivity contribution in [2.45, 2.75) is 6.54 Å². The smallest absolute Gasteiger partial charge is 0.137 e. The SMILES string of the molecule is N#Cc1cnc2c(Cl)cccc2c1NCc1ccccc1-c1ncc[nH]1. The molecule has 126 valence electrons. The molecule has 26 heavy (non-hydrogen) atoms. The van der Waals surface area contributed by atoms with E-state index in [2.05, 4.69) is 26.3 Å². The molecule has 0 spiro atoms. The summed E-state index contributed by atoms with van der Waals surface area (Å²) in [5.41, 5.74) is 3.97. The zero-order chi connectivity index (χ0) is 17.9. The average Bonchev–Trinajstić information content (AvgIpc) is 3.21. The third kappa shape index (κ3) is 2.87. The Kier molecular flexibility index (Phi) is 4.26. The van der Waals surface area contributed by atoms with Gasteiger partial charge < -0.3 is 10.3 Å². The highest BCUT2D eigenvalue weighted by molar-refractivity contribution is 6.35. The maximum Gasteiger partial charge on any atom is 0.137 e. The maximum atomic E-state index is 9.47. The lowest BCUT2D eigenvalue weighted by molar-refractivity contribution is 1.14. The number of nitrogens with zero attached hydrogens (tertiary/aromatic N) is 3. The number of H-pyrrole nitrogens is 1. The molecule has 5 nitrogen and oxygen atoms in total. The van der Waals surface area contributed by atoms with Crippen molar-refractivity contribution in [3.63, 3.8) is 0 Å². The number of aromatic nitrogens is 3. The molecule has 0 fully saturated rings. The normalized spacial score (nSPS) is 10.6. The van der Waals surface area contributed by atoms with E-state index >= 15 is 0 Å². The minimum atomic E-state index is 0.482. The van der Waals surface area contributed by atoms with Crippen LogP contribution in [0.5, 0.6) is 0 Å². The van der Waals surface area contributed by atoms with Crippen molar-refractivity contribution < 1.29 is 0 Å². The van der Waals surface area contributed by atoms with Gasteiger partial charge in [-0.2, -0.15) is 5.26 Å². The first-order valence-corrected chi connectivity index (χ1v) is 8.44. The van der Waals surface area contributed by atoms with E-state index in [4.69, 9.17) is 11.6 Å². The second-order valence-electron chi connectivity index (χ2n) is 5.74. The Balaban J connectivity index is 1.74. The van der Waals surface area contributed by atoms with Gasteiger partial charge in [0.05, 0.1) is 21.8 Å². The Hall–Kier alpha value is -3.36. The number of rotatable bonds is 4. The number of aromatic amines is 1. The number of hydrogen-bond donors (Lipinski definition) is 2. The highest BCUT2D eigenvalue weighted by Gasteiger charge is 2.12. The minimum Gasteiger partial charge on any atom is -0.379 e. The monoisotopic (exact) mass is 359 g/mol. The number of benzene rings is 2. The fourth-order valence-corrected chi connectivity index (χ4v) is 3.19. The van der Waals surface area contributed by atoms with Gasteiger partial charge in [0.1, 0.15) is 11.9 Å². The van der Waals surface area contributed by atoms with E-state index in [0.717, 1.165) is 28.0 Å². The number of anilines is 1. The molecule has 0 atom stereocenters. The van der Waals surface area contributed by atoms with Gasteiger partial charge in [0.2, 0.25) is 0 Å². The van der Waals surface area contributed by atoms with Gasteiger partial charge in [0.25, 0.3) is 0 Å². The van der Waals surface area contributed by atoms with Crippen molar-refractivity contribution in [3.8, 4) is 17.5 Å². The van der Waals surface area contributed by atoms with E-state index in [1.165, 1.54) is 0 Å². The summed E-state index contributed by atoms with van der Waals surface area (Å²) in [6.07, 6.45) is 5.08. The molecule has 4 rings (SSSR count). The van der Waals surface area contributed by atoms with Crippen molar-refractivity contribution in [2.75, 3.05) is 5.32 Å². The molecule has 0 saturated heterocycles. The summed E-state index contributed by atoms with van der Waals surface area (Å²) in [6, 6.07) is 15.8. The number of nitrogens with one attached hydrogen (secondary N) is 2. The van der Waals surface area contributed by atoms with E-state index < -0.39 is 0 Å². The average molecular weight is 360 g/mol. The predicted molar refractivity (Wildman–Crippen MR) is 103 cm³/mol. The van der Waals surface area contributed by atoms with E-state index in [0.29, 0.717) is 22.6 Å². The minimum absolute atomic E-state index is 0.482. The van der Waals surface area contributed by atoms with Gasteiger partial charge in [-0.25, -0.2) is 4.98 Å². The fourth-order valence-electron chi connectivity index (χ4n) is 2.96. The summed E-state index contributed by atoms with van der Waals surface area (Å²) in [7, 11) is 0. The van der Waals surface area contributed by atoms with Gasteiger partial charge in [0, 0.05) is 36.1 Å². The van der Waals surface area contributed by atoms with E-state index in [9.17, 15) is 5.26 Å². The van der Waals surface area contributed by atoms with Crippen LogP contribution in [0.2, 0.25) is 5.02 Å². The second-order valence-corrected chi connectivity index (χ2v) is 6.15. The standard InChI is InChI=1S/C20H14ClN5/c21-17-7-3-6-16-18(14(10-22)12-26-19(16)17)25-11-13-4-1-2-5-15(13)20-23-8-9-24-20/h1-9,12H,11H2,(H,23,24)(H,25,26). The van der Waals surface area contributed by atoms with Gasteiger partial charge in [-0.1, -0.05) is 48.0 Å². The van der Waals surface area contributed by atoms with Crippen LogP contribution in [0.15, 0.2) is 61.1 Å². The highest BCUT2D eigenvalue weighted by Crippen LogP contribution is 2.31. The van der Waals surface area contributed by atoms with Gasteiger partial charge >= 0.3 is 0 Å². The molecule has 0 bridgehead atoms. The van der Waals surface area contributed by atoms with Crippen LogP contribution in [0.25, 0.3) is 22.3 Å². The molecular weight excluding hydrogens is 346 g/mol. The van der Waals surface area contributed by atoms with Crippen LogP contribution < -0.4 is 5.32 Å². The first kappa shape index (κ1) is 16.1. The number of halogens is 1.